The van der Waals surface area contributed by atoms with Crippen LogP contribution in [0.2, 0.25) is 0 Å². The third-order valence-electron chi connectivity index (χ3n) is 9.54. The monoisotopic (exact) mass is 815 g/mol. The summed E-state index contributed by atoms with van der Waals surface area (Å²) in [5.41, 5.74) is 4.29. The number of carboxylic acids is 2. The maximum Gasteiger partial charge on any atom is 0.416 e. The fourth-order valence-corrected chi connectivity index (χ4v) is 7.23. The van der Waals surface area contributed by atoms with Crippen molar-refractivity contribution in [2.24, 2.45) is 0 Å². The number of aliphatic hydroxyl groups excluding tert-OH is 2. The molecule has 1 aromatic heterocycles. The zero-order valence-corrected chi connectivity index (χ0v) is 32.2. The number of nitrogens with zero attached hydrogens (tertiary/aromatic N) is 3. The van der Waals surface area contributed by atoms with Crippen LogP contribution in [-0.2, 0) is 52.2 Å². The highest BCUT2D eigenvalue weighted by atomic mass is 32.2. The topological polar surface area (TPSA) is 161 Å². The Bertz CT molecular complexity index is 2020. The summed E-state index contributed by atoms with van der Waals surface area (Å²) in [5, 5.41) is 33.2. The van der Waals surface area contributed by atoms with Gasteiger partial charge in [0.05, 0.1) is 10.6 Å². The molecular formula is C41H45F4N3O8S. The number of aliphatic carboxylic acids is 2. The largest absolute Gasteiger partial charge is 0.479 e. The van der Waals surface area contributed by atoms with Crippen LogP contribution < -0.4 is 5.43 Å². The second kappa shape index (κ2) is 20.4. The molecule has 0 saturated carbocycles. The van der Waals surface area contributed by atoms with Crippen molar-refractivity contribution < 1.29 is 52.4 Å². The summed E-state index contributed by atoms with van der Waals surface area (Å²) in [6.45, 7) is 7.58. The number of aliphatic hydroxyl groups is 2. The van der Waals surface area contributed by atoms with E-state index in [1.165, 1.54) is 36.0 Å². The first-order chi connectivity index (χ1) is 27.0. The van der Waals surface area contributed by atoms with E-state index < -0.39 is 35.9 Å². The average Bonchev–Trinajstić information content (AvgIpc) is 3.69. The number of halogens is 4. The van der Waals surface area contributed by atoms with E-state index >= 15 is 0 Å². The van der Waals surface area contributed by atoms with Gasteiger partial charge in [-0.3, -0.25) is 9.59 Å². The van der Waals surface area contributed by atoms with E-state index in [-0.39, 0.29) is 23.7 Å². The minimum atomic E-state index is -4.39. The SMILES string of the molecule is CCN(CC)CCN(Cc1ccc(-c2ccc(C(F)(F)F)cc2)cc1)C(=O)Cn1c(SCc2ccc(F)cc2)cc(=O)c2c1CCC2.O=C(O)C(O)C(O)C(=O)O. The van der Waals surface area contributed by atoms with Gasteiger partial charge >= 0.3 is 18.1 Å². The van der Waals surface area contributed by atoms with Crippen molar-refractivity contribution in [1.82, 2.24) is 14.4 Å². The zero-order valence-electron chi connectivity index (χ0n) is 31.4. The van der Waals surface area contributed by atoms with Gasteiger partial charge in [0.15, 0.2) is 17.6 Å². The van der Waals surface area contributed by atoms with Gasteiger partial charge in [-0.05, 0) is 78.9 Å². The molecule has 0 bridgehead atoms. The Morgan fingerprint density at radius 2 is 1.35 bits per heavy atom. The molecular weight excluding hydrogens is 771 g/mol. The van der Waals surface area contributed by atoms with Gasteiger partial charge < -0.3 is 34.8 Å². The number of pyridine rings is 1. The highest BCUT2D eigenvalue weighted by molar-refractivity contribution is 7.98. The number of hydrogen-bond donors (Lipinski definition) is 4. The van der Waals surface area contributed by atoms with Crippen molar-refractivity contribution >= 4 is 29.6 Å². The number of carbonyl (C=O) groups is 3. The first-order valence-corrected chi connectivity index (χ1v) is 19.2. The summed E-state index contributed by atoms with van der Waals surface area (Å²) >= 11 is 1.47. The first-order valence-electron chi connectivity index (χ1n) is 18.2. The summed E-state index contributed by atoms with van der Waals surface area (Å²) in [5.74, 6) is -3.38. The van der Waals surface area contributed by atoms with Gasteiger partial charge in [-0.2, -0.15) is 13.2 Å². The molecule has 4 aromatic rings. The minimum Gasteiger partial charge on any atom is -0.479 e. The van der Waals surface area contributed by atoms with Crippen molar-refractivity contribution in [3.63, 3.8) is 0 Å². The number of carbonyl (C=O) groups excluding carboxylic acids is 1. The minimum absolute atomic E-state index is 0.00525. The van der Waals surface area contributed by atoms with Crippen molar-refractivity contribution in [2.75, 3.05) is 26.2 Å². The molecule has 0 saturated heterocycles. The summed E-state index contributed by atoms with van der Waals surface area (Å²) in [6.07, 6.45) is -6.63. The Hall–Kier alpha value is -5.03. The quantitative estimate of drug-likeness (QED) is 0.0816. The van der Waals surface area contributed by atoms with E-state index in [1.807, 2.05) is 33.7 Å². The molecule has 2 unspecified atom stereocenters. The number of likely N-dealkylation sites (N-methyl/N-ethyl adjacent to an activating group) is 1. The Morgan fingerprint density at radius 1 is 0.807 bits per heavy atom. The molecule has 0 radical (unpaired) electrons. The Kier molecular flexibility index (Phi) is 16.0. The molecule has 0 aliphatic heterocycles. The molecule has 0 fully saturated rings. The van der Waals surface area contributed by atoms with Crippen molar-refractivity contribution in [3.8, 4) is 11.1 Å². The van der Waals surface area contributed by atoms with Crippen LogP contribution in [0.15, 0.2) is 88.7 Å². The molecule has 1 aliphatic carbocycles. The fourth-order valence-electron chi connectivity index (χ4n) is 6.21. The molecule has 1 heterocycles. The summed E-state index contributed by atoms with van der Waals surface area (Å²) < 4.78 is 54.5. The van der Waals surface area contributed by atoms with Crippen LogP contribution in [0.3, 0.4) is 0 Å². The van der Waals surface area contributed by atoms with Crippen molar-refractivity contribution in [2.45, 2.75) is 75.4 Å². The van der Waals surface area contributed by atoms with E-state index in [2.05, 4.69) is 18.7 Å². The summed E-state index contributed by atoms with van der Waals surface area (Å²) in [7, 11) is 0. The smallest absolute Gasteiger partial charge is 0.416 e. The molecule has 2 atom stereocenters. The maximum atomic E-state index is 14.1. The molecule has 1 amide bonds. The van der Waals surface area contributed by atoms with Gasteiger partial charge in [-0.15, -0.1) is 11.8 Å². The lowest BCUT2D eigenvalue weighted by molar-refractivity contribution is -0.165. The number of thioether (sulfide) groups is 1. The van der Waals surface area contributed by atoms with Gasteiger partial charge in [0, 0.05) is 42.7 Å². The predicted octanol–water partition coefficient (Wildman–Crippen LogP) is 5.70. The molecule has 11 nitrogen and oxygen atoms in total. The number of alkyl halides is 3. The van der Waals surface area contributed by atoms with Crippen LogP contribution in [0.25, 0.3) is 11.1 Å². The van der Waals surface area contributed by atoms with Crippen LogP contribution in [0.4, 0.5) is 17.6 Å². The van der Waals surface area contributed by atoms with E-state index in [1.54, 1.807) is 18.2 Å². The van der Waals surface area contributed by atoms with Gasteiger partial charge in [0.2, 0.25) is 5.91 Å². The summed E-state index contributed by atoms with van der Waals surface area (Å²) in [4.78, 5) is 50.8. The lowest BCUT2D eigenvalue weighted by Crippen LogP contribution is -2.40. The number of amides is 1. The second-order valence-electron chi connectivity index (χ2n) is 13.3. The standard InChI is InChI=1S/C37H39F4N3O2S.C4H6O6/c1-3-42(4-2)20-21-43(23-26-8-12-28(13-9-26)29-14-16-30(17-15-29)37(39,40)41)35(46)24-44-33-7-5-6-32(33)34(45)22-36(44)47-25-27-10-18-31(38)19-11-27;5-1(3(7)8)2(6)4(9)10/h8-19,22H,3-7,20-21,23-25H2,1-2H3;1-2,5-6H,(H,7,8)(H,9,10). The molecule has 306 valence electrons. The molecule has 0 spiro atoms. The normalized spacial score (nSPS) is 13.4. The van der Waals surface area contributed by atoms with Crippen molar-refractivity contribution in [3.05, 3.63) is 123 Å². The average molecular weight is 816 g/mol. The number of fused-ring (bicyclic) bond motifs is 1. The van der Waals surface area contributed by atoms with E-state index in [9.17, 15) is 36.7 Å². The predicted molar refractivity (Wildman–Crippen MR) is 206 cm³/mol. The maximum absolute atomic E-state index is 14.1. The van der Waals surface area contributed by atoms with Crippen LogP contribution in [0.1, 0.15) is 48.2 Å². The first kappa shape index (κ1) is 44.7. The van der Waals surface area contributed by atoms with E-state index in [4.69, 9.17) is 20.4 Å². The zero-order chi connectivity index (χ0) is 41.9. The lowest BCUT2D eigenvalue weighted by Gasteiger charge is -2.28. The third kappa shape index (κ3) is 12.5. The van der Waals surface area contributed by atoms with E-state index in [0.717, 1.165) is 71.0 Å². The van der Waals surface area contributed by atoms with Gasteiger partial charge in [-0.1, -0.05) is 62.4 Å². The summed E-state index contributed by atoms with van der Waals surface area (Å²) in [6, 6.07) is 20.5. The Balaban J connectivity index is 0.000000635. The van der Waals surface area contributed by atoms with Crippen LogP contribution in [0.5, 0.6) is 0 Å². The molecule has 4 N–H and O–H groups in total. The molecule has 16 heteroatoms. The lowest BCUT2D eigenvalue weighted by atomic mass is 10.0. The van der Waals surface area contributed by atoms with Crippen LogP contribution in [-0.4, -0.2) is 91.0 Å². The van der Waals surface area contributed by atoms with Crippen LogP contribution in [0, 0.1) is 5.82 Å². The Morgan fingerprint density at radius 3 is 1.88 bits per heavy atom. The third-order valence-corrected chi connectivity index (χ3v) is 10.6. The molecule has 1 aliphatic rings. The highest BCUT2D eigenvalue weighted by Gasteiger charge is 2.31. The van der Waals surface area contributed by atoms with Crippen molar-refractivity contribution in [1.29, 1.82) is 0 Å². The number of benzene rings is 3. The molecule has 5 rings (SSSR count). The highest BCUT2D eigenvalue weighted by Crippen LogP contribution is 2.32. The fraction of sp³-hybridized carbons (Fsp3) is 0.366. The van der Waals surface area contributed by atoms with Gasteiger partial charge in [0.25, 0.3) is 0 Å². The second-order valence-corrected chi connectivity index (χ2v) is 14.3. The molecule has 57 heavy (non-hydrogen) atoms. The number of aromatic nitrogens is 1. The van der Waals surface area contributed by atoms with Gasteiger partial charge in [-0.25, -0.2) is 14.0 Å². The number of rotatable bonds is 16. The molecule has 3 aromatic carbocycles. The van der Waals surface area contributed by atoms with Gasteiger partial charge in [0.1, 0.15) is 12.4 Å². The Labute approximate surface area is 331 Å². The number of hydrogen-bond acceptors (Lipinski definition) is 8. The van der Waals surface area contributed by atoms with Crippen LogP contribution >= 0.6 is 11.8 Å². The number of carboxylic acid groups (broad SMARTS) is 2. The van der Waals surface area contributed by atoms with E-state index in [0.29, 0.717) is 37.4 Å².